The molecule has 1 aliphatic rings. The van der Waals surface area contributed by atoms with Crippen LogP contribution in [0.1, 0.15) is 20.8 Å². The van der Waals surface area contributed by atoms with Gasteiger partial charge in [-0.2, -0.15) is 0 Å². The molecule has 9 heteroatoms. The van der Waals surface area contributed by atoms with Crippen molar-refractivity contribution in [2.24, 2.45) is 0 Å². The lowest BCUT2D eigenvalue weighted by Crippen LogP contribution is -2.59. The fraction of sp³-hybridized carbons (Fsp3) is 0.750. The van der Waals surface area contributed by atoms with Gasteiger partial charge in [-0.05, 0) is 0 Å². The quantitative estimate of drug-likeness (QED) is 0.294. The van der Waals surface area contributed by atoms with E-state index in [2.05, 4.69) is 0 Å². The Kier molecular flexibility index (Phi) is 6.81. The van der Waals surface area contributed by atoms with Crippen molar-refractivity contribution in [3.63, 3.8) is 0 Å². The van der Waals surface area contributed by atoms with Crippen molar-refractivity contribution in [1.82, 2.24) is 0 Å². The van der Waals surface area contributed by atoms with Crippen LogP contribution in [0.25, 0.3) is 0 Å². The Bertz CT molecular complexity index is 412. The maximum Gasteiger partial charge on any atom is 0.303 e. The van der Waals surface area contributed by atoms with Crippen LogP contribution in [0, 0.1) is 0 Å². The Morgan fingerprint density at radius 3 is 2.05 bits per heavy atom. The molecule has 0 saturated carbocycles. The predicted molar refractivity (Wildman–Crippen MR) is 76.4 cm³/mol. The summed E-state index contributed by atoms with van der Waals surface area (Å²) in [6.45, 7) is 3.38. The Morgan fingerprint density at radius 2 is 1.57 bits per heavy atom. The Labute approximate surface area is 135 Å². The van der Waals surface area contributed by atoms with Gasteiger partial charge in [0.05, 0.1) is 0 Å². The smallest absolute Gasteiger partial charge is 0.303 e. The average molecular weight is 416 g/mol. The highest BCUT2D eigenvalue weighted by molar-refractivity contribution is 14.1. The third-order valence-corrected chi connectivity index (χ3v) is 3.97. The molecule has 1 rings (SSSR count). The van der Waals surface area contributed by atoms with E-state index in [0.717, 1.165) is 0 Å². The van der Waals surface area contributed by atoms with E-state index < -0.39 is 46.4 Å². The molecule has 0 aromatic carbocycles. The van der Waals surface area contributed by atoms with E-state index in [4.69, 9.17) is 18.9 Å². The highest BCUT2D eigenvalue weighted by atomic mass is 127. The number of halogens is 1. The molecular weight excluding hydrogens is 399 g/mol. The van der Waals surface area contributed by atoms with E-state index in [1.54, 1.807) is 0 Å². The number of aliphatic hydroxyl groups excluding tert-OH is 1. The molecule has 1 saturated heterocycles. The molecule has 21 heavy (non-hydrogen) atoms. The minimum Gasteiger partial charge on any atom is -0.463 e. The molecular formula is C12H17IO8. The van der Waals surface area contributed by atoms with Crippen LogP contribution in [-0.2, 0) is 33.3 Å². The highest BCUT2D eigenvalue weighted by Crippen LogP contribution is 2.30. The van der Waals surface area contributed by atoms with Crippen LogP contribution in [0.3, 0.4) is 0 Å². The third kappa shape index (κ3) is 5.40. The van der Waals surface area contributed by atoms with E-state index in [1.807, 2.05) is 22.6 Å². The maximum absolute atomic E-state index is 11.2. The maximum atomic E-state index is 11.2. The van der Waals surface area contributed by atoms with Crippen LogP contribution in [0.2, 0.25) is 0 Å². The lowest BCUT2D eigenvalue weighted by atomic mass is 10.0. The second kappa shape index (κ2) is 7.90. The number of carbonyl (C=O) groups excluding carboxylic acids is 3. The molecule has 0 radical (unpaired) electrons. The Hall–Kier alpha value is -0.940. The van der Waals surface area contributed by atoms with Gasteiger partial charge in [0.2, 0.25) is 0 Å². The predicted octanol–water partition coefficient (Wildman–Crippen LogP) is -0.0663. The number of esters is 3. The second-order valence-corrected chi connectivity index (χ2v) is 5.90. The molecule has 0 unspecified atom stereocenters. The first-order valence-corrected chi connectivity index (χ1v) is 7.42. The lowest BCUT2D eigenvalue weighted by molar-refractivity contribution is -0.246. The zero-order valence-corrected chi connectivity index (χ0v) is 13.9. The summed E-state index contributed by atoms with van der Waals surface area (Å²) in [5, 5.41) is 9.85. The van der Waals surface area contributed by atoms with Gasteiger partial charge in [0.15, 0.2) is 18.5 Å². The van der Waals surface area contributed by atoms with Gasteiger partial charge in [0.1, 0.15) is 16.6 Å². The minimum atomic E-state index is -1.25. The molecule has 0 amide bonds. The van der Waals surface area contributed by atoms with Crippen LogP contribution in [-0.4, -0.2) is 58.1 Å². The van der Waals surface area contributed by atoms with Crippen molar-refractivity contribution in [2.75, 3.05) is 6.61 Å². The fourth-order valence-corrected chi connectivity index (χ4v) is 2.60. The number of aliphatic hydroxyl groups is 1. The lowest BCUT2D eigenvalue weighted by Gasteiger charge is -2.41. The molecule has 1 aliphatic heterocycles. The first kappa shape index (κ1) is 18.1. The number of rotatable bonds is 4. The van der Waals surface area contributed by atoms with E-state index in [1.165, 1.54) is 20.8 Å². The monoisotopic (exact) mass is 416 g/mol. The molecule has 120 valence electrons. The first-order valence-electron chi connectivity index (χ1n) is 6.17. The van der Waals surface area contributed by atoms with Crippen LogP contribution in [0.5, 0.6) is 0 Å². The summed E-state index contributed by atoms with van der Waals surface area (Å²) >= 11 is 1.84. The Balaban J connectivity index is 2.94. The fourth-order valence-electron chi connectivity index (χ4n) is 1.88. The molecule has 1 N–H and O–H groups in total. The zero-order chi connectivity index (χ0) is 16.2. The van der Waals surface area contributed by atoms with Crippen molar-refractivity contribution in [3.05, 3.63) is 0 Å². The van der Waals surface area contributed by atoms with Crippen molar-refractivity contribution in [1.29, 1.82) is 0 Å². The average Bonchev–Trinajstić information content (AvgIpc) is 2.35. The second-order valence-electron chi connectivity index (χ2n) is 4.46. The van der Waals surface area contributed by atoms with Gasteiger partial charge in [-0.15, -0.1) is 0 Å². The molecule has 8 nitrogen and oxygen atoms in total. The molecule has 0 spiro atoms. The van der Waals surface area contributed by atoms with Gasteiger partial charge >= 0.3 is 17.9 Å². The summed E-state index contributed by atoms with van der Waals surface area (Å²) in [5.41, 5.74) is 0. The van der Waals surface area contributed by atoms with Crippen molar-refractivity contribution in [3.8, 4) is 0 Å². The van der Waals surface area contributed by atoms with Crippen molar-refractivity contribution >= 4 is 40.5 Å². The summed E-state index contributed by atoms with van der Waals surface area (Å²) in [6, 6.07) is 0. The molecule has 0 bridgehead atoms. The topological polar surface area (TPSA) is 108 Å². The van der Waals surface area contributed by atoms with E-state index in [-0.39, 0.29) is 6.61 Å². The van der Waals surface area contributed by atoms with Gasteiger partial charge in [-0.3, -0.25) is 14.4 Å². The summed E-state index contributed by atoms with van der Waals surface area (Å²) < 4.78 is 19.7. The Morgan fingerprint density at radius 1 is 1.05 bits per heavy atom. The van der Waals surface area contributed by atoms with E-state index in [0.29, 0.717) is 0 Å². The number of carbonyl (C=O) groups is 3. The minimum absolute atomic E-state index is 0.231. The molecule has 1 fully saturated rings. The summed E-state index contributed by atoms with van der Waals surface area (Å²) in [7, 11) is 0. The third-order valence-electron chi connectivity index (χ3n) is 2.65. The molecule has 1 heterocycles. The number of alkyl halides is 1. The van der Waals surface area contributed by atoms with Gasteiger partial charge in [0, 0.05) is 20.8 Å². The van der Waals surface area contributed by atoms with Gasteiger partial charge in [0.25, 0.3) is 0 Å². The van der Waals surface area contributed by atoms with Crippen LogP contribution in [0.15, 0.2) is 0 Å². The van der Waals surface area contributed by atoms with Gasteiger partial charge in [-0.1, -0.05) is 22.6 Å². The zero-order valence-electron chi connectivity index (χ0n) is 11.8. The number of hydrogen-bond donors (Lipinski definition) is 1. The van der Waals surface area contributed by atoms with E-state index >= 15 is 0 Å². The first-order chi connectivity index (χ1) is 9.72. The van der Waals surface area contributed by atoms with E-state index in [9.17, 15) is 19.5 Å². The number of hydrogen-bond acceptors (Lipinski definition) is 8. The normalized spacial score (nSPS) is 32.1. The van der Waals surface area contributed by atoms with Crippen LogP contribution >= 0.6 is 22.6 Å². The molecule has 0 aliphatic carbocycles. The molecule has 5 atom stereocenters. The summed E-state index contributed by atoms with van der Waals surface area (Å²) in [6.07, 6.45) is -4.06. The number of ether oxygens (including phenoxy) is 4. The van der Waals surface area contributed by atoms with Crippen LogP contribution in [0.4, 0.5) is 0 Å². The van der Waals surface area contributed by atoms with Gasteiger partial charge < -0.3 is 24.1 Å². The SMILES string of the molecule is CC(=O)OC[C@@H]1O[C@@H](O)[C@H](I)[C@H](OC(C)=O)[C@H]1OC(C)=O. The molecule has 0 aromatic rings. The van der Waals surface area contributed by atoms with Gasteiger partial charge in [-0.25, -0.2) is 0 Å². The standard InChI is InChI=1S/C12H17IO8/c1-5(14)18-4-8-10(19-6(2)15)11(20-7(3)16)9(13)12(17)21-8/h8-12,17H,4H2,1-3H3/t8-,9+,10-,11-,12+/m0/s1. The highest BCUT2D eigenvalue weighted by Gasteiger charge is 2.48. The summed E-state index contributed by atoms with van der Waals surface area (Å²) in [5.74, 6) is -1.73. The van der Waals surface area contributed by atoms with Crippen molar-refractivity contribution < 1.29 is 38.4 Å². The molecule has 0 aromatic heterocycles. The summed E-state index contributed by atoms with van der Waals surface area (Å²) in [4.78, 5) is 33.3. The van der Waals surface area contributed by atoms with Crippen molar-refractivity contribution in [2.45, 2.75) is 49.3 Å². The van der Waals surface area contributed by atoms with Crippen LogP contribution < -0.4 is 0 Å². The largest absolute Gasteiger partial charge is 0.463 e.